The molecule has 2 aromatic rings. The van der Waals surface area contributed by atoms with Gasteiger partial charge in [0, 0.05) is 17.1 Å². The van der Waals surface area contributed by atoms with Gasteiger partial charge in [-0.3, -0.25) is 0 Å². The summed E-state index contributed by atoms with van der Waals surface area (Å²) in [7, 11) is 0. The van der Waals surface area contributed by atoms with Crippen LogP contribution in [0, 0.1) is 13.8 Å². The molecule has 2 heteroatoms. The molecule has 0 saturated carbocycles. The highest BCUT2D eigenvalue weighted by Crippen LogP contribution is 2.30. The lowest BCUT2D eigenvalue weighted by Crippen LogP contribution is -2.13. The molecule has 0 bridgehead atoms. The van der Waals surface area contributed by atoms with Crippen LogP contribution in [0.5, 0.6) is 0 Å². The van der Waals surface area contributed by atoms with E-state index in [1.807, 2.05) is 0 Å². The monoisotopic (exact) mass is 287 g/mol. The molecule has 1 nitrogen and oxygen atoms in total. The van der Waals surface area contributed by atoms with Crippen molar-refractivity contribution in [3.05, 3.63) is 58.1 Å². The second-order valence-corrected chi connectivity index (χ2v) is 5.77. The van der Waals surface area contributed by atoms with Crippen molar-refractivity contribution in [2.75, 3.05) is 6.54 Å². The van der Waals surface area contributed by atoms with E-state index in [-0.39, 0.29) is 0 Å². The lowest BCUT2D eigenvalue weighted by atomic mass is 9.99. The smallest absolute Gasteiger partial charge is 0.0487 e. The Bertz CT molecular complexity index is 570. The first-order valence-electron chi connectivity index (χ1n) is 7.18. The third-order valence-corrected chi connectivity index (χ3v) is 3.63. The fourth-order valence-electron chi connectivity index (χ4n) is 2.44. The zero-order chi connectivity index (χ0) is 14.5. The molecular weight excluding hydrogens is 266 g/mol. The van der Waals surface area contributed by atoms with Crippen LogP contribution in [-0.4, -0.2) is 6.54 Å². The van der Waals surface area contributed by atoms with Gasteiger partial charge in [0.05, 0.1) is 0 Å². The van der Waals surface area contributed by atoms with Gasteiger partial charge in [-0.25, -0.2) is 0 Å². The second-order valence-electron chi connectivity index (χ2n) is 5.37. The predicted molar refractivity (Wildman–Crippen MR) is 88.4 cm³/mol. The van der Waals surface area contributed by atoms with Gasteiger partial charge in [0.25, 0.3) is 0 Å². The molecule has 2 aromatic carbocycles. The molecule has 0 aliphatic carbocycles. The number of hydrogen-bond acceptors (Lipinski definition) is 1. The summed E-state index contributed by atoms with van der Waals surface area (Å²) < 4.78 is 0. The standard InChI is InChI=1S/C18H22ClN/c1-4-7-20-12-15-5-6-17(18(19)11-15)16-9-13(2)8-14(3)10-16/h5-6,8-11,20H,4,7,12H2,1-3H3. The molecule has 0 aliphatic rings. The van der Waals surface area contributed by atoms with Crippen LogP contribution in [0.2, 0.25) is 5.02 Å². The van der Waals surface area contributed by atoms with Crippen molar-refractivity contribution in [1.29, 1.82) is 0 Å². The molecule has 0 radical (unpaired) electrons. The maximum atomic E-state index is 6.45. The topological polar surface area (TPSA) is 12.0 Å². The van der Waals surface area contributed by atoms with Crippen molar-refractivity contribution in [2.45, 2.75) is 33.7 Å². The maximum Gasteiger partial charge on any atom is 0.0487 e. The molecule has 20 heavy (non-hydrogen) atoms. The van der Waals surface area contributed by atoms with Crippen molar-refractivity contribution in [1.82, 2.24) is 5.32 Å². The summed E-state index contributed by atoms with van der Waals surface area (Å²) >= 11 is 6.45. The van der Waals surface area contributed by atoms with Crippen LogP contribution in [-0.2, 0) is 6.54 Å². The lowest BCUT2D eigenvalue weighted by molar-refractivity contribution is 0.675. The summed E-state index contributed by atoms with van der Waals surface area (Å²) in [5.41, 5.74) is 6.07. The van der Waals surface area contributed by atoms with E-state index in [1.165, 1.54) is 22.3 Å². The summed E-state index contributed by atoms with van der Waals surface area (Å²) in [6, 6.07) is 12.9. The number of aryl methyl sites for hydroxylation is 2. The average Bonchev–Trinajstić information content (AvgIpc) is 2.38. The van der Waals surface area contributed by atoms with Gasteiger partial charge in [0.15, 0.2) is 0 Å². The van der Waals surface area contributed by atoms with Gasteiger partial charge < -0.3 is 5.32 Å². The van der Waals surface area contributed by atoms with Gasteiger partial charge >= 0.3 is 0 Å². The zero-order valence-corrected chi connectivity index (χ0v) is 13.2. The fourth-order valence-corrected chi connectivity index (χ4v) is 2.75. The third-order valence-electron chi connectivity index (χ3n) is 3.32. The first-order chi connectivity index (χ1) is 9.60. The molecule has 0 fully saturated rings. The van der Waals surface area contributed by atoms with Crippen molar-refractivity contribution in [3.63, 3.8) is 0 Å². The molecule has 0 aliphatic heterocycles. The van der Waals surface area contributed by atoms with Crippen molar-refractivity contribution in [2.24, 2.45) is 0 Å². The number of nitrogens with one attached hydrogen (secondary N) is 1. The first kappa shape index (κ1) is 15.1. The highest BCUT2D eigenvalue weighted by Gasteiger charge is 2.06. The van der Waals surface area contributed by atoms with Crippen LogP contribution in [0.3, 0.4) is 0 Å². The van der Waals surface area contributed by atoms with E-state index in [9.17, 15) is 0 Å². The van der Waals surface area contributed by atoms with E-state index in [0.717, 1.165) is 30.1 Å². The van der Waals surface area contributed by atoms with Crippen LogP contribution in [0.1, 0.15) is 30.0 Å². The predicted octanol–water partition coefficient (Wildman–Crippen LogP) is 5.12. The van der Waals surface area contributed by atoms with Crippen LogP contribution in [0.15, 0.2) is 36.4 Å². The van der Waals surface area contributed by atoms with E-state index in [2.05, 4.69) is 62.5 Å². The highest BCUT2D eigenvalue weighted by atomic mass is 35.5. The van der Waals surface area contributed by atoms with Crippen LogP contribution >= 0.6 is 11.6 Å². The van der Waals surface area contributed by atoms with Crippen molar-refractivity contribution in [3.8, 4) is 11.1 Å². The van der Waals surface area contributed by atoms with E-state index in [0.29, 0.717) is 0 Å². The molecule has 0 saturated heterocycles. The highest BCUT2D eigenvalue weighted by molar-refractivity contribution is 6.33. The number of hydrogen-bond donors (Lipinski definition) is 1. The Morgan fingerprint density at radius 3 is 2.30 bits per heavy atom. The minimum absolute atomic E-state index is 0.825. The molecule has 0 spiro atoms. The molecule has 0 unspecified atom stereocenters. The Balaban J connectivity index is 2.25. The van der Waals surface area contributed by atoms with Gasteiger partial charge in [0.2, 0.25) is 0 Å². The van der Waals surface area contributed by atoms with Gasteiger partial charge in [-0.1, -0.05) is 60.0 Å². The molecule has 0 atom stereocenters. The summed E-state index contributed by atoms with van der Waals surface area (Å²) in [6.07, 6.45) is 1.15. The first-order valence-corrected chi connectivity index (χ1v) is 7.55. The minimum atomic E-state index is 0.825. The molecule has 0 aromatic heterocycles. The van der Waals surface area contributed by atoms with Gasteiger partial charge in [-0.2, -0.15) is 0 Å². The Kier molecular flexibility index (Phi) is 5.22. The molecule has 1 N–H and O–H groups in total. The van der Waals surface area contributed by atoms with E-state index in [1.54, 1.807) is 0 Å². The minimum Gasteiger partial charge on any atom is -0.313 e. The fraction of sp³-hybridized carbons (Fsp3) is 0.333. The summed E-state index contributed by atoms with van der Waals surface area (Å²) in [5.74, 6) is 0. The SMILES string of the molecule is CCCNCc1ccc(-c2cc(C)cc(C)c2)c(Cl)c1. The molecule has 2 rings (SSSR count). The number of benzene rings is 2. The normalized spacial score (nSPS) is 10.8. The summed E-state index contributed by atoms with van der Waals surface area (Å²) in [5, 5.41) is 4.22. The third kappa shape index (κ3) is 3.84. The molecule has 0 heterocycles. The molecule has 0 amide bonds. The Hall–Kier alpha value is -1.31. The van der Waals surface area contributed by atoms with Gasteiger partial charge in [0.1, 0.15) is 0 Å². The van der Waals surface area contributed by atoms with Crippen molar-refractivity contribution < 1.29 is 0 Å². The molecular formula is C18H22ClN. The second kappa shape index (κ2) is 6.92. The number of rotatable bonds is 5. The lowest BCUT2D eigenvalue weighted by Gasteiger charge is -2.10. The summed E-state index contributed by atoms with van der Waals surface area (Å²) in [6.45, 7) is 8.32. The largest absolute Gasteiger partial charge is 0.313 e. The summed E-state index contributed by atoms with van der Waals surface area (Å²) in [4.78, 5) is 0. The van der Waals surface area contributed by atoms with Gasteiger partial charge in [-0.15, -0.1) is 0 Å². The molecule has 106 valence electrons. The van der Waals surface area contributed by atoms with E-state index in [4.69, 9.17) is 11.6 Å². The van der Waals surface area contributed by atoms with Gasteiger partial charge in [-0.05, 0) is 44.0 Å². The maximum absolute atomic E-state index is 6.45. The Labute approximate surface area is 127 Å². The van der Waals surface area contributed by atoms with Crippen LogP contribution in [0.4, 0.5) is 0 Å². The van der Waals surface area contributed by atoms with Crippen LogP contribution in [0.25, 0.3) is 11.1 Å². The van der Waals surface area contributed by atoms with E-state index < -0.39 is 0 Å². The number of halogens is 1. The quantitative estimate of drug-likeness (QED) is 0.752. The van der Waals surface area contributed by atoms with E-state index >= 15 is 0 Å². The average molecular weight is 288 g/mol. The van der Waals surface area contributed by atoms with Crippen LogP contribution < -0.4 is 5.32 Å². The Morgan fingerprint density at radius 2 is 1.70 bits per heavy atom. The van der Waals surface area contributed by atoms with Crippen molar-refractivity contribution >= 4 is 11.6 Å². The zero-order valence-electron chi connectivity index (χ0n) is 12.5. The Morgan fingerprint density at radius 1 is 1.00 bits per heavy atom.